The molecular weight excluding hydrogens is 190 g/mol. The Balaban J connectivity index is 2.17. The van der Waals surface area contributed by atoms with Gasteiger partial charge in [0.2, 0.25) is 0 Å². The normalized spacial score (nSPS) is 10.9. The molecule has 4 heteroatoms. The Bertz CT molecular complexity index is 580. The number of hydrogen-bond donors (Lipinski definition) is 2. The van der Waals surface area contributed by atoms with Crippen LogP contribution in [0.25, 0.3) is 16.9 Å². The standard InChI is InChI=1S/C11H9N3O/c15-9-3-1-2-8(6-9)10-7-14-11(13-10)4-5-12-14/h1-7,12,15H. The van der Waals surface area contributed by atoms with Gasteiger partial charge in [0.25, 0.3) is 0 Å². The molecule has 3 aromatic rings. The molecule has 0 radical (unpaired) electrons. The van der Waals surface area contributed by atoms with Crippen molar-refractivity contribution in [3.63, 3.8) is 0 Å². The van der Waals surface area contributed by atoms with Gasteiger partial charge < -0.3 is 10.2 Å². The summed E-state index contributed by atoms with van der Waals surface area (Å²) in [7, 11) is 0. The zero-order chi connectivity index (χ0) is 10.3. The second-order valence-corrected chi connectivity index (χ2v) is 3.37. The van der Waals surface area contributed by atoms with Gasteiger partial charge in [0.05, 0.1) is 11.9 Å². The Labute approximate surface area is 85.8 Å². The number of benzene rings is 1. The zero-order valence-electron chi connectivity index (χ0n) is 7.88. The highest BCUT2D eigenvalue weighted by Gasteiger charge is 2.04. The molecule has 15 heavy (non-hydrogen) atoms. The number of hydrogen-bond acceptors (Lipinski definition) is 2. The zero-order valence-corrected chi connectivity index (χ0v) is 7.88. The SMILES string of the molecule is Oc1cccc(-c2cn3[nH]ccc3n2)c1. The van der Waals surface area contributed by atoms with Gasteiger partial charge in [-0.3, -0.25) is 0 Å². The van der Waals surface area contributed by atoms with Gasteiger partial charge in [-0.05, 0) is 12.1 Å². The van der Waals surface area contributed by atoms with Crippen molar-refractivity contribution in [3.05, 3.63) is 42.7 Å². The molecule has 0 unspecified atom stereocenters. The van der Waals surface area contributed by atoms with Gasteiger partial charge in [-0.2, -0.15) is 0 Å². The summed E-state index contributed by atoms with van der Waals surface area (Å²) in [5.41, 5.74) is 2.62. The van der Waals surface area contributed by atoms with Crippen LogP contribution in [0, 0.1) is 0 Å². The number of nitrogens with zero attached hydrogens (tertiary/aromatic N) is 2. The summed E-state index contributed by atoms with van der Waals surface area (Å²) in [5, 5.41) is 12.4. The van der Waals surface area contributed by atoms with Gasteiger partial charge in [0, 0.05) is 17.8 Å². The summed E-state index contributed by atoms with van der Waals surface area (Å²) in [6, 6.07) is 8.96. The molecule has 0 fully saturated rings. The Morgan fingerprint density at radius 3 is 3.00 bits per heavy atom. The lowest BCUT2D eigenvalue weighted by Crippen LogP contribution is -1.77. The number of nitrogens with one attached hydrogen (secondary N) is 1. The highest BCUT2D eigenvalue weighted by molar-refractivity contribution is 5.63. The van der Waals surface area contributed by atoms with Crippen LogP contribution < -0.4 is 0 Å². The lowest BCUT2D eigenvalue weighted by Gasteiger charge is -1.96. The minimum Gasteiger partial charge on any atom is -0.508 e. The van der Waals surface area contributed by atoms with E-state index in [2.05, 4.69) is 10.1 Å². The monoisotopic (exact) mass is 199 g/mol. The van der Waals surface area contributed by atoms with Crippen LogP contribution in [-0.4, -0.2) is 19.7 Å². The molecule has 0 aliphatic carbocycles. The largest absolute Gasteiger partial charge is 0.508 e. The summed E-state index contributed by atoms with van der Waals surface area (Å²) in [6.07, 6.45) is 3.72. The van der Waals surface area contributed by atoms with Crippen molar-refractivity contribution in [2.45, 2.75) is 0 Å². The van der Waals surface area contributed by atoms with Crippen molar-refractivity contribution in [1.82, 2.24) is 14.6 Å². The van der Waals surface area contributed by atoms with Crippen LogP contribution in [0.1, 0.15) is 0 Å². The van der Waals surface area contributed by atoms with Crippen LogP contribution in [0.15, 0.2) is 42.7 Å². The average Bonchev–Trinajstić information content (AvgIpc) is 2.76. The van der Waals surface area contributed by atoms with Gasteiger partial charge in [-0.25, -0.2) is 9.50 Å². The first-order chi connectivity index (χ1) is 7.33. The highest BCUT2D eigenvalue weighted by atomic mass is 16.3. The number of rotatable bonds is 1. The van der Waals surface area contributed by atoms with E-state index in [1.165, 1.54) is 0 Å². The number of phenols is 1. The maximum absolute atomic E-state index is 9.36. The maximum Gasteiger partial charge on any atom is 0.153 e. The van der Waals surface area contributed by atoms with Crippen LogP contribution >= 0.6 is 0 Å². The van der Waals surface area contributed by atoms with Gasteiger partial charge >= 0.3 is 0 Å². The molecule has 4 nitrogen and oxygen atoms in total. The molecule has 3 rings (SSSR count). The lowest BCUT2D eigenvalue weighted by atomic mass is 10.2. The van der Waals surface area contributed by atoms with E-state index in [-0.39, 0.29) is 5.75 Å². The molecule has 74 valence electrons. The van der Waals surface area contributed by atoms with E-state index in [9.17, 15) is 5.11 Å². The molecule has 1 aromatic carbocycles. The average molecular weight is 199 g/mol. The third-order valence-corrected chi connectivity index (χ3v) is 2.32. The van der Waals surface area contributed by atoms with Crippen LogP contribution in [0.2, 0.25) is 0 Å². The minimum atomic E-state index is 0.254. The van der Waals surface area contributed by atoms with Crippen LogP contribution in [0.5, 0.6) is 5.75 Å². The predicted molar refractivity (Wildman–Crippen MR) is 56.6 cm³/mol. The molecule has 2 N–H and O–H groups in total. The third kappa shape index (κ3) is 1.27. The van der Waals surface area contributed by atoms with E-state index < -0.39 is 0 Å². The Morgan fingerprint density at radius 1 is 1.27 bits per heavy atom. The molecule has 0 saturated carbocycles. The highest BCUT2D eigenvalue weighted by Crippen LogP contribution is 2.22. The van der Waals surface area contributed by atoms with Gasteiger partial charge in [-0.15, -0.1) is 0 Å². The number of fused-ring (bicyclic) bond motifs is 1. The Hall–Kier alpha value is -2.23. The fourth-order valence-corrected chi connectivity index (χ4v) is 1.61. The van der Waals surface area contributed by atoms with Gasteiger partial charge in [0.1, 0.15) is 5.75 Å². The molecule has 0 atom stereocenters. The summed E-state index contributed by atoms with van der Waals surface area (Å²) >= 11 is 0. The second kappa shape index (κ2) is 2.88. The van der Waals surface area contributed by atoms with Crippen LogP contribution in [-0.2, 0) is 0 Å². The summed E-state index contributed by atoms with van der Waals surface area (Å²) < 4.78 is 1.83. The fourth-order valence-electron chi connectivity index (χ4n) is 1.61. The molecular formula is C11H9N3O. The Kier molecular flexibility index (Phi) is 1.56. The number of H-pyrrole nitrogens is 1. The van der Waals surface area contributed by atoms with E-state index in [1.54, 1.807) is 18.2 Å². The van der Waals surface area contributed by atoms with Crippen molar-refractivity contribution in [2.24, 2.45) is 0 Å². The van der Waals surface area contributed by atoms with Crippen LogP contribution in [0.4, 0.5) is 0 Å². The first-order valence-electron chi connectivity index (χ1n) is 4.65. The summed E-state index contributed by atoms with van der Waals surface area (Å²) in [6.45, 7) is 0. The van der Waals surface area contributed by atoms with Crippen molar-refractivity contribution in [1.29, 1.82) is 0 Å². The van der Waals surface area contributed by atoms with E-state index in [0.29, 0.717) is 0 Å². The second-order valence-electron chi connectivity index (χ2n) is 3.37. The van der Waals surface area contributed by atoms with E-state index in [4.69, 9.17) is 0 Å². The Morgan fingerprint density at radius 2 is 2.20 bits per heavy atom. The molecule has 0 saturated heterocycles. The molecule has 2 heterocycles. The summed E-state index contributed by atoms with van der Waals surface area (Å²) in [4.78, 5) is 4.40. The molecule has 0 aliphatic heterocycles. The molecule has 0 amide bonds. The number of imidazole rings is 1. The lowest BCUT2D eigenvalue weighted by molar-refractivity contribution is 0.475. The molecule has 0 spiro atoms. The predicted octanol–water partition coefficient (Wildman–Crippen LogP) is 2.03. The quantitative estimate of drug-likeness (QED) is 0.630. The van der Waals surface area contributed by atoms with Gasteiger partial charge in [-0.1, -0.05) is 12.1 Å². The smallest absolute Gasteiger partial charge is 0.153 e. The molecule has 2 aromatic heterocycles. The first kappa shape index (κ1) is 8.11. The topological polar surface area (TPSA) is 53.3 Å². The van der Waals surface area contributed by atoms with Crippen molar-refractivity contribution in [2.75, 3.05) is 0 Å². The molecule has 0 bridgehead atoms. The number of phenolic OH excluding ortho intramolecular Hbond substituents is 1. The van der Waals surface area contributed by atoms with Crippen molar-refractivity contribution >= 4 is 5.65 Å². The van der Waals surface area contributed by atoms with Crippen LogP contribution in [0.3, 0.4) is 0 Å². The van der Waals surface area contributed by atoms with Crippen molar-refractivity contribution < 1.29 is 5.11 Å². The number of aromatic nitrogens is 3. The van der Waals surface area contributed by atoms with E-state index >= 15 is 0 Å². The number of aromatic hydroxyl groups is 1. The molecule has 0 aliphatic rings. The summed E-state index contributed by atoms with van der Waals surface area (Å²) in [5.74, 6) is 0.254. The fraction of sp³-hybridized carbons (Fsp3) is 0. The van der Waals surface area contributed by atoms with E-state index in [1.807, 2.05) is 29.0 Å². The first-order valence-corrected chi connectivity index (χ1v) is 4.65. The van der Waals surface area contributed by atoms with Crippen molar-refractivity contribution in [3.8, 4) is 17.0 Å². The minimum absolute atomic E-state index is 0.254. The maximum atomic E-state index is 9.36. The third-order valence-electron chi connectivity index (χ3n) is 2.32. The van der Waals surface area contributed by atoms with E-state index in [0.717, 1.165) is 16.9 Å². The van der Waals surface area contributed by atoms with Gasteiger partial charge in [0.15, 0.2) is 5.65 Å². The number of aromatic amines is 1.